The van der Waals surface area contributed by atoms with Crippen LogP contribution in [0.5, 0.6) is 5.75 Å². The molecule has 0 unspecified atom stereocenters. The SMILES string of the molecule is COc1cccc2cc(C(=O)NC(C)(C)C)c(=O)n(CCCC(=O)O)c12. The van der Waals surface area contributed by atoms with Crippen LogP contribution in [0.4, 0.5) is 0 Å². The standard InChI is InChI=1S/C19H24N2O5/c1-19(2,3)20-17(24)13-11-12-7-5-8-14(26-4)16(12)21(18(13)25)10-6-9-15(22)23/h5,7-8,11H,6,9-10H2,1-4H3,(H,20,24)(H,22,23). The summed E-state index contributed by atoms with van der Waals surface area (Å²) in [5.74, 6) is -0.896. The third kappa shape index (κ3) is 4.41. The highest BCUT2D eigenvalue weighted by Gasteiger charge is 2.21. The molecule has 2 N–H and O–H groups in total. The highest BCUT2D eigenvalue weighted by atomic mass is 16.5. The first-order valence-electron chi connectivity index (χ1n) is 8.39. The van der Waals surface area contributed by atoms with Crippen molar-refractivity contribution in [1.82, 2.24) is 9.88 Å². The predicted molar refractivity (Wildman–Crippen MR) is 98.8 cm³/mol. The molecule has 0 aliphatic carbocycles. The maximum atomic E-state index is 13.0. The van der Waals surface area contributed by atoms with Gasteiger partial charge in [-0.1, -0.05) is 12.1 Å². The van der Waals surface area contributed by atoms with Crippen LogP contribution in [0.1, 0.15) is 44.0 Å². The van der Waals surface area contributed by atoms with Gasteiger partial charge in [-0.25, -0.2) is 0 Å². The summed E-state index contributed by atoms with van der Waals surface area (Å²) < 4.78 is 6.78. The molecule has 0 aliphatic rings. The first-order chi connectivity index (χ1) is 12.1. The van der Waals surface area contributed by atoms with Crippen LogP contribution in [-0.2, 0) is 11.3 Å². The molecular weight excluding hydrogens is 336 g/mol. The Kier molecular flexibility index (Phi) is 5.69. The van der Waals surface area contributed by atoms with Gasteiger partial charge in [0.05, 0.1) is 12.6 Å². The Morgan fingerprint density at radius 1 is 1.27 bits per heavy atom. The molecule has 26 heavy (non-hydrogen) atoms. The van der Waals surface area contributed by atoms with Crippen LogP contribution in [0, 0.1) is 0 Å². The fraction of sp³-hybridized carbons (Fsp3) is 0.421. The summed E-state index contributed by atoms with van der Waals surface area (Å²) in [6, 6.07) is 6.84. The van der Waals surface area contributed by atoms with E-state index < -0.39 is 23.0 Å². The molecule has 0 saturated carbocycles. The zero-order valence-corrected chi connectivity index (χ0v) is 15.5. The zero-order valence-electron chi connectivity index (χ0n) is 15.5. The van der Waals surface area contributed by atoms with Gasteiger partial charge in [0.2, 0.25) is 0 Å². The molecule has 1 aromatic heterocycles. The highest BCUT2D eigenvalue weighted by molar-refractivity contribution is 5.98. The Labute approximate surface area is 151 Å². The fourth-order valence-corrected chi connectivity index (χ4v) is 2.75. The summed E-state index contributed by atoms with van der Waals surface area (Å²) >= 11 is 0. The third-order valence-corrected chi connectivity index (χ3v) is 3.80. The molecule has 0 radical (unpaired) electrons. The minimum atomic E-state index is -0.934. The number of methoxy groups -OCH3 is 1. The number of ether oxygens (including phenoxy) is 1. The first-order valence-corrected chi connectivity index (χ1v) is 8.39. The van der Waals surface area contributed by atoms with Crippen LogP contribution in [0.2, 0.25) is 0 Å². The number of nitrogens with one attached hydrogen (secondary N) is 1. The summed E-state index contributed by atoms with van der Waals surface area (Å²) in [7, 11) is 1.50. The van der Waals surface area contributed by atoms with Gasteiger partial charge in [0.25, 0.3) is 11.5 Å². The summed E-state index contributed by atoms with van der Waals surface area (Å²) in [6.07, 6.45) is 0.203. The Hall–Kier alpha value is -2.83. The van der Waals surface area contributed by atoms with Gasteiger partial charge in [-0.3, -0.25) is 14.4 Å². The lowest BCUT2D eigenvalue weighted by molar-refractivity contribution is -0.137. The number of pyridine rings is 1. The lowest BCUT2D eigenvalue weighted by atomic mass is 10.1. The second-order valence-corrected chi connectivity index (χ2v) is 7.11. The van der Waals surface area contributed by atoms with Gasteiger partial charge in [-0.2, -0.15) is 0 Å². The minimum Gasteiger partial charge on any atom is -0.495 e. The number of aryl methyl sites for hydroxylation is 1. The van der Waals surface area contributed by atoms with Crippen LogP contribution in [0.3, 0.4) is 0 Å². The number of aromatic nitrogens is 1. The lowest BCUT2D eigenvalue weighted by Crippen LogP contribution is -2.43. The number of para-hydroxylation sites is 1. The Morgan fingerprint density at radius 3 is 2.54 bits per heavy atom. The van der Waals surface area contributed by atoms with E-state index in [1.807, 2.05) is 20.8 Å². The van der Waals surface area contributed by atoms with Crippen LogP contribution < -0.4 is 15.6 Å². The Balaban J connectivity index is 2.62. The normalized spacial score (nSPS) is 11.4. The van der Waals surface area contributed by atoms with Crippen molar-refractivity contribution in [3.05, 3.63) is 40.2 Å². The van der Waals surface area contributed by atoms with Crippen molar-refractivity contribution in [3.8, 4) is 5.75 Å². The number of rotatable bonds is 6. The number of aliphatic carboxylic acids is 1. The average Bonchev–Trinajstić information content (AvgIpc) is 2.53. The summed E-state index contributed by atoms with van der Waals surface area (Å²) in [5.41, 5.74) is -0.371. The molecule has 140 valence electrons. The fourth-order valence-electron chi connectivity index (χ4n) is 2.75. The van der Waals surface area contributed by atoms with E-state index in [9.17, 15) is 14.4 Å². The van der Waals surface area contributed by atoms with Crippen LogP contribution in [0.25, 0.3) is 10.9 Å². The smallest absolute Gasteiger partial charge is 0.303 e. The van der Waals surface area contributed by atoms with E-state index >= 15 is 0 Å². The van der Waals surface area contributed by atoms with Gasteiger partial charge in [0.15, 0.2) is 0 Å². The van der Waals surface area contributed by atoms with E-state index in [0.29, 0.717) is 16.7 Å². The molecule has 7 heteroatoms. The van der Waals surface area contributed by atoms with E-state index in [2.05, 4.69) is 5.32 Å². The number of carboxylic acids is 1. The second kappa shape index (κ2) is 7.59. The highest BCUT2D eigenvalue weighted by Crippen LogP contribution is 2.25. The number of benzene rings is 1. The van der Waals surface area contributed by atoms with E-state index in [0.717, 1.165) is 0 Å². The van der Waals surface area contributed by atoms with Crippen LogP contribution >= 0.6 is 0 Å². The largest absolute Gasteiger partial charge is 0.495 e. The van der Waals surface area contributed by atoms with Crippen molar-refractivity contribution in [2.45, 2.75) is 45.7 Å². The van der Waals surface area contributed by atoms with E-state index in [1.54, 1.807) is 24.3 Å². The molecular formula is C19H24N2O5. The number of fused-ring (bicyclic) bond motifs is 1. The number of amides is 1. The summed E-state index contributed by atoms with van der Waals surface area (Å²) in [4.78, 5) is 36.3. The number of carboxylic acid groups (broad SMARTS) is 1. The predicted octanol–water partition coefficient (Wildman–Crippen LogP) is 2.40. The van der Waals surface area contributed by atoms with Gasteiger partial charge in [-0.05, 0) is 39.3 Å². The van der Waals surface area contributed by atoms with Crippen molar-refractivity contribution in [2.24, 2.45) is 0 Å². The molecule has 1 heterocycles. The topological polar surface area (TPSA) is 97.6 Å². The number of carbonyl (C=O) groups is 2. The maximum Gasteiger partial charge on any atom is 0.303 e. The molecule has 0 atom stereocenters. The minimum absolute atomic E-state index is 0.0241. The second-order valence-electron chi connectivity index (χ2n) is 7.11. The first kappa shape index (κ1) is 19.5. The molecule has 1 amide bonds. The van der Waals surface area contributed by atoms with Gasteiger partial charge in [-0.15, -0.1) is 0 Å². The molecule has 1 aromatic carbocycles. The van der Waals surface area contributed by atoms with E-state index in [4.69, 9.17) is 9.84 Å². The van der Waals surface area contributed by atoms with Gasteiger partial charge < -0.3 is 19.7 Å². The van der Waals surface area contributed by atoms with Crippen molar-refractivity contribution in [1.29, 1.82) is 0 Å². The zero-order chi connectivity index (χ0) is 19.5. The molecule has 2 aromatic rings. The summed E-state index contributed by atoms with van der Waals surface area (Å²) in [5, 5.41) is 12.3. The van der Waals surface area contributed by atoms with Crippen molar-refractivity contribution >= 4 is 22.8 Å². The molecule has 0 aliphatic heterocycles. The quantitative estimate of drug-likeness (QED) is 0.824. The number of hydrogen-bond acceptors (Lipinski definition) is 4. The Bertz CT molecular complexity index is 893. The van der Waals surface area contributed by atoms with E-state index in [-0.39, 0.29) is 24.9 Å². The van der Waals surface area contributed by atoms with E-state index in [1.165, 1.54) is 11.7 Å². The Morgan fingerprint density at radius 2 is 1.96 bits per heavy atom. The van der Waals surface area contributed by atoms with Crippen molar-refractivity contribution < 1.29 is 19.4 Å². The molecule has 0 bridgehead atoms. The summed E-state index contributed by atoms with van der Waals surface area (Å²) in [6.45, 7) is 5.68. The molecule has 7 nitrogen and oxygen atoms in total. The van der Waals surface area contributed by atoms with Crippen LogP contribution in [-0.4, -0.2) is 34.2 Å². The monoisotopic (exact) mass is 360 g/mol. The average molecular weight is 360 g/mol. The molecule has 0 spiro atoms. The number of hydrogen-bond donors (Lipinski definition) is 2. The maximum absolute atomic E-state index is 13.0. The molecule has 0 saturated heterocycles. The van der Waals surface area contributed by atoms with Crippen molar-refractivity contribution in [3.63, 3.8) is 0 Å². The van der Waals surface area contributed by atoms with Gasteiger partial charge in [0, 0.05) is 23.9 Å². The van der Waals surface area contributed by atoms with Crippen LogP contribution in [0.15, 0.2) is 29.1 Å². The van der Waals surface area contributed by atoms with Crippen molar-refractivity contribution in [2.75, 3.05) is 7.11 Å². The molecule has 0 fully saturated rings. The number of carbonyl (C=O) groups excluding carboxylic acids is 1. The lowest BCUT2D eigenvalue weighted by Gasteiger charge is -2.21. The third-order valence-electron chi connectivity index (χ3n) is 3.80. The van der Waals surface area contributed by atoms with Gasteiger partial charge in [0.1, 0.15) is 11.3 Å². The number of nitrogens with zero attached hydrogens (tertiary/aromatic N) is 1. The molecule has 2 rings (SSSR count). The van der Waals surface area contributed by atoms with Gasteiger partial charge >= 0.3 is 5.97 Å².